The van der Waals surface area contributed by atoms with E-state index >= 15 is 0 Å². The van der Waals surface area contributed by atoms with Crippen LogP contribution in [-0.4, -0.2) is 57.3 Å². The first kappa shape index (κ1) is 32.8. The van der Waals surface area contributed by atoms with Gasteiger partial charge in [-0.05, 0) is 80.1 Å². The van der Waals surface area contributed by atoms with Gasteiger partial charge in [-0.2, -0.15) is 0 Å². The standard InChI is InChI=1S/C34H40N4O5.Na/c1-7-18-15(3)22-13-27-30(34(41)42)17(5)24(36-27)12-23-16(4)20(9-10-29(40)43-6)32(37-23)21-11-28(39)31-19(8-2)26(38-33(21)31)14-25(18)35-22;/h12-14,16,20,29,34,37,39-42H,7-11H2,1-6H3;/q;+1. The van der Waals surface area contributed by atoms with Crippen LogP contribution in [-0.2, 0) is 4.74 Å². The minimum Gasteiger partial charge on any atom is -0.511 e. The van der Waals surface area contributed by atoms with Crippen LogP contribution in [0.15, 0.2) is 106 Å². The quantitative estimate of drug-likeness (QED) is 0.222. The SMILES string of the molecule is CCC1=C2C=C3N=C(C=C4N=C(C=C5NC(=C6CC(O)=C1C6=N2)C(CCC(O)OC)C5C)C(C)=C4C(O)O)C(C)=C3CC.[Na+]. The molecule has 1 aliphatic carbocycles. The van der Waals surface area contributed by atoms with Gasteiger partial charge in [0.05, 0.1) is 34.2 Å². The molecule has 3 atom stereocenters. The Morgan fingerprint density at radius 2 is 1.64 bits per heavy atom. The Labute approximate surface area is 280 Å². The molecule has 0 radical (unpaired) electrons. The molecule has 0 aromatic rings. The third-order valence-electron chi connectivity index (χ3n) is 9.56. The zero-order chi connectivity index (χ0) is 30.7. The summed E-state index contributed by atoms with van der Waals surface area (Å²) in [7, 11) is 1.49. The van der Waals surface area contributed by atoms with Crippen molar-refractivity contribution in [1.82, 2.24) is 5.32 Å². The van der Waals surface area contributed by atoms with Crippen molar-refractivity contribution in [2.45, 2.75) is 79.3 Å². The second-order valence-corrected chi connectivity index (χ2v) is 11.9. The topological polar surface area (TPSA) is 139 Å². The van der Waals surface area contributed by atoms with Crippen molar-refractivity contribution in [3.63, 3.8) is 0 Å². The van der Waals surface area contributed by atoms with Crippen molar-refractivity contribution >= 4 is 17.1 Å². The Morgan fingerprint density at radius 3 is 2.30 bits per heavy atom. The Hall–Kier alpha value is -2.63. The van der Waals surface area contributed by atoms with Crippen LogP contribution in [0.5, 0.6) is 0 Å². The normalized spacial score (nSPS) is 25.0. The van der Waals surface area contributed by atoms with Gasteiger partial charge < -0.3 is 30.5 Å². The number of ether oxygens (including phenoxy) is 1. The summed E-state index contributed by atoms with van der Waals surface area (Å²) in [6.07, 6.45) is 6.22. The van der Waals surface area contributed by atoms with Gasteiger partial charge in [0, 0.05) is 53.5 Å². The number of fused-ring (bicyclic) bond motifs is 5. The zero-order valence-corrected chi connectivity index (χ0v) is 28.6. The van der Waals surface area contributed by atoms with Gasteiger partial charge in [0.2, 0.25) is 0 Å². The summed E-state index contributed by atoms with van der Waals surface area (Å²) in [5.74, 6) is 0.354. The monoisotopic (exact) mass is 607 g/mol. The molecule has 0 aromatic heterocycles. The van der Waals surface area contributed by atoms with E-state index in [0.717, 1.165) is 68.5 Å². The predicted octanol–water partition coefficient (Wildman–Crippen LogP) is 2.11. The van der Waals surface area contributed by atoms with E-state index in [1.165, 1.54) is 7.11 Å². The maximum atomic E-state index is 11.3. The molecule has 1 fully saturated rings. The van der Waals surface area contributed by atoms with Crippen molar-refractivity contribution in [3.8, 4) is 0 Å². The van der Waals surface area contributed by atoms with Gasteiger partial charge in [-0.3, -0.25) is 0 Å². The number of aliphatic hydroxyl groups excluding tert-OH is 3. The largest absolute Gasteiger partial charge is 1.00 e. The van der Waals surface area contributed by atoms with Crippen molar-refractivity contribution in [2.75, 3.05) is 7.11 Å². The van der Waals surface area contributed by atoms with E-state index in [2.05, 4.69) is 26.1 Å². The molecule has 0 aromatic carbocycles. The zero-order valence-electron chi connectivity index (χ0n) is 26.6. The third kappa shape index (κ3) is 5.32. The number of nitrogens with zero attached hydrogens (tertiary/aromatic N) is 3. The van der Waals surface area contributed by atoms with Gasteiger partial charge >= 0.3 is 29.6 Å². The number of nitrogens with one attached hydrogen (secondary N) is 1. The Balaban J connectivity index is 0.00000384. The average molecular weight is 608 g/mol. The molecule has 10 heteroatoms. The molecule has 44 heavy (non-hydrogen) atoms. The number of aliphatic hydroxyl groups is 4. The molecule has 0 spiro atoms. The van der Waals surface area contributed by atoms with Gasteiger partial charge in [-0.1, -0.05) is 20.8 Å². The summed E-state index contributed by atoms with van der Waals surface area (Å²) in [6.45, 7) is 10.2. The molecule has 0 saturated carbocycles. The Bertz CT molecular complexity index is 1660. The summed E-state index contributed by atoms with van der Waals surface area (Å²) >= 11 is 0. The Morgan fingerprint density at radius 1 is 0.955 bits per heavy atom. The van der Waals surface area contributed by atoms with Gasteiger partial charge in [-0.15, -0.1) is 0 Å². The van der Waals surface area contributed by atoms with E-state index in [1.807, 2.05) is 32.1 Å². The first-order valence-corrected chi connectivity index (χ1v) is 15.1. The molecular weight excluding hydrogens is 567 g/mol. The summed E-state index contributed by atoms with van der Waals surface area (Å²) in [5, 5.41) is 46.0. The second kappa shape index (κ2) is 12.6. The van der Waals surface area contributed by atoms with Crippen LogP contribution in [0.2, 0.25) is 0 Å². The molecule has 1 saturated heterocycles. The fraction of sp³-hybridized carbons (Fsp3) is 0.441. The third-order valence-corrected chi connectivity index (χ3v) is 9.56. The van der Waals surface area contributed by atoms with Gasteiger partial charge in [-0.25, -0.2) is 15.0 Å². The van der Waals surface area contributed by atoms with Crippen LogP contribution < -0.4 is 34.9 Å². The van der Waals surface area contributed by atoms with E-state index in [0.29, 0.717) is 54.0 Å². The fourth-order valence-corrected chi connectivity index (χ4v) is 7.13. The van der Waals surface area contributed by atoms with Crippen LogP contribution in [0, 0.1) is 11.8 Å². The minimum atomic E-state index is -1.69. The number of methoxy groups -OCH3 is 1. The number of hydrogen-bond donors (Lipinski definition) is 5. The van der Waals surface area contributed by atoms with E-state index in [1.54, 1.807) is 0 Å². The smallest absolute Gasteiger partial charge is 0.511 e. The molecule has 3 unspecified atom stereocenters. The maximum absolute atomic E-state index is 11.3. The summed E-state index contributed by atoms with van der Waals surface area (Å²) < 4.78 is 5.15. The van der Waals surface area contributed by atoms with Gasteiger partial charge in [0.1, 0.15) is 5.76 Å². The molecule has 6 aliphatic rings. The first-order valence-electron chi connectivity index (χ1n) is 15.1. The van der Waals surface area contributed by atoms with Crippen LogP contribution in [0.3, 0.4) is 0 Å². The maximum Gasteiger partial charge on any atom is 1.00 e. The van der Waals surface area contributed by atoms with Crippen LogP contribution in [0.25, 0.3) is 0 Å². The van der Waals surface area contributed by atoms with Crippen LogP contribution in [0.1, 0.15) is 66.7 Å². The van der Waals surface area contributed by atoms with Gasteiger partial charge in [0.25, 0.3) is 0 Å². The summed E-state index contributed by atoms with van der Waals surface area (Å²) in [5.41, 5.74) is 12.1. The number of rotatable bonds is 7. The molecule has 9 nitrogen and oxygen atoms in total. The van der Waals surface area contributed by atoms with Crippen LogP contribution >= 0.6 is 0 Å². The van der Waals surface area contributed by atoms with Gasteiger partial charge in [0.15, 0.2) is 12.6 Å². The summed E-state index contributed by atoms with van der Waals surface area (Å²) in [4.78, 5) is 15.0. The first-order chi connectivity index (χ1) is 20.6. The van der Waals surface area contributed by atoms with Crippen molar-refractivity contribution in [2.24, 2.45) is 26.8 Å². The van der Waals surface area contributed by atoms with Crippen molar-refractivity contribution in [3.05, 3.63) is 91.5 Å². The van der Waals surface area contributed by atoms with E-state index in [4.69, 9.17) is 19.7 Å². The fourth-order valence-electron chi connectivity index (χ4n) is 7.13. The molecule has 5 N–H and O–H groups in total. The summed E-state index contributed by atoms with van der Waals surface area (Å²) in [6, 6.07) is 0. The number of aliphatic imine (C=N–C) groups is 3. The second-order valence-electron chi connectivity index (χ2n) is 11.9. The number of hydrogen-bond acceptors (Lipinski definition) is 9. The molecule has 8 bridgehead atoms. The minimum absolute atomic E-state index is 0. The number of allylic oxidation sites excluding steroid dienone is 11. The molecule has 0 amide bonds. The van der Waals surface area contributed by atoms with E-state index in [9.17, 15) is 20.4 Å². The molecular formula is C34H40N4NaO5+. The molecule has 5 heterocycles. The molecule has 6 rings (SSSR count). The van der Waals surface area contributed by atoms with E-state index in [-0.39, 0.29) is 41.4 Å². The van der Waals surface area contributed by atoms with Crippen molar-refractivity contribution < 1.29 is 54.7 Å². The van der Waals surface area contributed by atoms with Crippen LogP contribution in [0.4, 0.5) is 0 Å². The Kier molecular flexibility index (Phi) is 9.41. The molecule has 226 valence electrons. The molecule has 5 aliphatic heterocycles. The predicted molar refractivity (Wildman–Crippen MR) is 167 cm³/mol. The van der Waals surface area contributed by atoms with E-state index < -0.39 is 12.6 Å². The average Bonchev–Trinajstić information content (AvgIpc) is 3.73. The van der Waals surface area contributed by atoms with Crippen molar-refractivity contribution in [1.29, 1.82) is 0 Å².